The van der Waals surface area contributed by atoms with Crippen LogP contribution < -0.4 is 4.74 Å². The molecule has 1 saturated heterocycles. The number of benzene rings is 2. The first-order chi connectivity index (χ1) is 13.8. The van der Waals surface area contributed by atoms with Crippen molar-refractivity contribution in [3.63, 3.8) is 0 Å². The zero-order chi connectivity index (χ0) is 21.0. The highest BCUT2D eigenvalue weighted by molar-refractivity contribution is 7.89. The van der Waals surface area contributed by atoms with Crippen LogP contribution in [0.1, 0.15) is 12.0 Å². The van der Waals surface area contributed by atoms with E-state index in [-0.39, 0.29) is 28.9 Å². The predicted octanol–water partition coefficient (Wildman–Crippen LogP) is 2.95. The monoisotopic (exact) mass is 440 g/mol. The number of amides is 1. The van der Waals surface area contributed by atoms with Gasteiger partial charge in [0.15, 0.2) is 0 Å². The standard InChI is InChI=1S/C20H22ClFN2O4S/c1-28-16-5-2-15(3-6-16)4-9-20(25)23-10-12-24(13-11-23)29(26,27)17-7-8-19(22)18(21)14-17/h2-3,5-8,14H,4,9-13H2,1H3. The summed E-state index contributed by atoms with van der Waals surface area (Å²) in [4.78, 5) is 14.1. The number of nitrogens with zero attached hydrogens (tertiary/aromatic N) is 2. The lowest BCUT2D eigenvalue weighted by Crippen LogP contribution is -2.50. The van der Waals surface area contributed by atoms with Gasteiger partial charge in [-0.25, -0.2) is 12.8 Å². The molecule has 1 heterocycles. The molecule has 0 unspecified atom stereocenters. The summed E-state index contributed by atoms with van der Waals surface area (Å²) in [5, 5.41) is -0.238. The molecule has 2 aromatic rings. The number of piperazine rings is 1. The van der Waals surface area contributed by atoms with E-state index in [2.05, 4.69) is 0 Å². The topological polar surface area (TPSA) is 66.9 Å². The van der Waals surface area contributed by atoms with Crippen LogP contribution in [0.15, 0.2) is 47.4 Å². The van der Waals surface area contributed by atoms with Gasteiger partial charge >= 0.3 is 0 Å². The van der Waals surface area contributed by atoms with E-state index in [9.17, 15) is 17.6 Å². The Hall–Kier alpha value is -2.16. The van der Waals surface area contributed by atoms with E-state index in [4.69, 9.17) is 16.3 Å². The molecular weight excluding hydrogens is 419 g/mol. The number of hydrogen-bond donors (Lipinski definition) is 0. The summed E-state index contributed by atoms with van der Waals surface area (Å²) < 4.78 is 45.2. The van der Waals surface area contributed by atoms with E-state index >= 15 is 0 Å². The van der Waals surface area contributed by atoms with Crippen molar-refractivity contribution < 1.29 is 22.3 Å². The highest BCUT2D eigenvalue weighted by Gasteiger charge is 2.30. The molecule has 1 fully saturated rings. The van der Waals surface area contributed by atoms with Crippen molar-refractivity contribution in [2.24, 2.45) is 0 Å². The average Bonchev–Trinajstić information content (AvgIpc) is 2.74. The number of hydrogen-bond acceptors (Lipinski definition) is 4. The normalized spacial score (nSPS) is 15.3. The van der Waals surface area contributed by atoms with Crippen LogP contribution in [-0.4, -0.2) is 56.8 Å². The van der Waals surface area contributed by atoms with Crippen molar-refractivity contribution in [2.45, 2.75) is 17.7 Å². The number of carbonyl (C=O) groups excluding carboxylic acids is 1. The first-order valence-electron chi connectivity index (χ1n) is 9.17. The van der Waals surface area contributed by atoms with Crippen molar-refractivity contribution in [2.75, 3.05) is 33.3 Å². The Kier molecular flexibility index (Phi) is 6.77. The molecule has 0 radical (unpaired) electrons. The van der Waals surface area contributed by atoms with Gasteiger partial charge in [-0.3, -0.25) is 4.79 Å². The van der Waals surface area contributed by atoms with Gasteiger partial charge in [0.2, 0.25) is 15.9 Å². The molecule has 156 valence electrons. The number of carbonyl (C=O) groups is 1. The second-order valence-electron chi connectivity index (χ2n) is 6.71. The van der Waals surface area contributed by atoms with Gasteiger partial charge in [0.25, 0.3) is 0 Å². The van der Waals surface area contributed by atoms with Gasteiger partial charge in [0.1, 0.15) is 11.6 Å². The van der Waals surface area contributed by atoms with Crippen LogP contribution in [0.3, 0.4) is 0 Å². The maximum atomic E-state index is 13.3. The summed E-state index contributed by atoms with van der Waals surface area (Å²) in [6, 6.07) is 10.9. The fourth-order valence-corrected chi connectivity index (χ4v) is 4.86. The van der Waals surface area contributed by atoms with Crippen molar-refractivity contribution in [3.8, 4) is 5.75 Å². The number of rotatable bonds is 6. The van der Waals surface area contributed by atoms with E-state index < -0.39 is 15.8 Å². The van der Waals surface area contributed by atoms with E-state index in [1.165, 1.54) is 10.4 Å². The number of halogens is 2. The van der Waals surface area contributed by atoms with Crippen molar-refractivity contribution in [1.29, 1.82) is 0 Å². The van der Waals surface area contributed by atoms with Crippen LogP contribution in [0.4, 0.5) is 4.39 Å². The summed E-state index contributed by atoms with van der Waals surface area (Å²) in [6.07, 6.45) is 0.960. The average molecular weight is 441 g/mol. The zero-order valence-corrected chi connectivity index (χ0v) is 17.5. The Morgan fingerprint density at radius 2 is 1.76 bits per heavy atom. The second kappa shape index (κ2) is 9.11. The molecule has 3 rings (SSSR count). The highest BCUT2D eigenvalue weighted by atomic mass is 35.5. The minimum atomic E-state index is -3.78. The van der Waals surface area contributed by atoms with Crippen LogP contribution in [0.5, 0.6) is 5.75 Å². The SMILES string of the molecule is COc1ccc(CCC(=O)N2CCN(S(=O)(=O)c3ccc(F)c(Cl)c3)CC2)cc1. The predicted molar refractivity (Wildman–Crippen MR) is 108 cm³/mol. The van der Waals surface area contributed by atoms with Gasteiger partial charge in [0, 0.05) is 32.6 Å². The smallest absolute Gasteiger partial charge is 0.243 e. The quantitative estimate of drug-likeness (QED) is 0.692. The molecule has 9 heteroatoms. The van der Waals surface area contributed by atoms with Crippen LogP contribution in [0, 0.1) is 5.82 Å². The summed E-state index contributed by atoms with van der Waals surface area (Å²) in [7, 11) is -2.18. The Balaban J connectivity index is 1.54. The zero-order valence-electron chi connectivity index (χ0n) is 16.0. The summed E-state index contributed by atoms with van der Waals surface area (Å²) in [5.41, 5.74) is 1.04. The summed E-state index contributed by atoms with van der Waals surface area (Å²) in [5.74, 6) is 0.0837. The van der Waals surface area contributed by atoms with Gasteiger partial charge < -0.3 is 9.64 Å². The fourth-order valence-electron chi connectivity index (χ4n) is 3.17. The molecular formula is C20H22ClFN2O4S. The number of aryl methyl sites for hydroxylation is 1. The molecule has 0 saturated carbocycles. The molecule has 1 aliphatic heterocycles. The maximum Gasteiger partial charge on any atom is 0.243 e. The lowest BCUT2D eigenvalue weighted by Gasteiger charge is -2.34. The van der Waals surface area contributed by atoms with E-state index in [1.807, 2.05) is 24.3 Å². The number of sulfonamides is 1. The molecule has 0 atom stereocenters. The summed E-state index contributed by atoms with van der Waals surface area (Å²) >= 11 is 5.71. The Labute approximate surface area is 174 Å². The van der Waals surface area contributed by atoms with Crippen molar-refractivity contribution >= 4 is 27.5 Å². The van der Waals surface area contributed by atoms with Crippen LogP contribution in [0.25, 0.3) is 0 Å². The Bertz CT molecular complexity index is 974. The molecule has 0 aromatic heterocycles. The lowest BCUT2D eigenvalue weighted by molar-refractivity contribution is -0.132. The third-order valence-corrected chi connectivity index (χ3v) is 7.09. The van der Waals surface area contributed by atoms with Crippen molar-refractivity contribution in [3.05, 3.63) is 58.9 Å². The van der Waals surface area contributed by atoms with E-state index in [0.717, 1.165) is 23.4 Å². The molecule has 6 nitrogen and oxygen atoms in total. The largest absolute Gasteiger partial charge is 0.497 e. The maximum absolute atomic E-state index is 13.3. The van der Waals surface area contributed by atoms with Crippen LogP contribution >= 0.6 is 11.6 Å². The van der Waals surface area contributed by atoms with E-state index in [1.54, 1.807) is 12.0 Å². The molecule has 1 aliphatic rings. The summed E-state index contributed by atoms with van der Waals surface area (Å²) in [6.45, 7) is 1.00. The Morgan fingerprint density at radius 1 is 1.10 bits per heavy atom. The molecule has 29 heavy (non-hydrogen) atoms. The molecule has 0 aliphatic carbocycles. The fraction of sp³-hybridized carbons (Fsp3) is 0.350. The molecule has 0 spiro atoms. The van der Waals surface area contributed by atoms with Gasteiger partial charge in [-0.2, -0.15) is 4.31 Å². The highest BCUT2D eigenvalue weighted by Crippen LogP contribution is 2.23. The van der Waals surface area contributed by atoms with Gasteiger partial charge in [-0.1, -0.05) is 23.7 Å². The molecule has 1 amide bonds. The first kappa shape index (κ1) is 21.5. The van der Waals surface area contributed by atoms with Crippen molar-refractivity contribution in [1.82, 2.24) is 9.21 Å². The minimum absolute atomic E-state index is 0.0114. The third-order valence-electron chi connectivity index (χ3n) is 4.91. The second-order valence-corrected chi connectivity index (χ2v) is 9.05. The minimum Gasteiger partial charge on any atom is -0.497 e. The number of methoxy groups -OCH3 is 1. The van der Waals surface area contributed by atoms with Gasteiger partial charge in [-0.05, 0) is 42.3 Å². The lowest BCUT2D eigenvalue weighted by atomic mass is 10.1. The van der Waals surface area contributed by atoms with E-state index in [0.29, 0.717) is 25.9 Å². The molecule has 0 N–H and O–H groups in total. The van der Waals surface area contributed by atoms with Gasteiger partial charge in [-0.15, -0.1) is 0 Å². The Morgan fingerprint density at radius 3 is 2.34 bits per heavy atom. The first-order valence-corrected chi connectivity index (χ1v) is 11.0. The number of ether oxygens (including phenoxy) is 1. The van der Waals surface area contributed by atoms with Crippen LogP contribution in [0.2, 0.25) is 5.02 Å². The molecule has 2 aromatic carbocycles. The van der Waals surface area contributed by atoms with Crippen LogP contribution in [-0.2, 0) is 21.2 Å². The van der Waals surface area contributed by atoms with Gasteiger partial charge in [0.05, 0.1) is 17.0 Å². The third kappa shape index (κ3) is 5.07. The molecule has 0 bridgehead atoms.